The summed E-state index contributed by atoms with van der Waals surface area (Å²) in [6, 6.07) is 8.50. The van der Waals surface area contributed by atoms with Gasteiger partial charge in [0.15, 0.2) is 0 Å². The molecule has 0 bridgehead atoms. The fourth-order valence-electron chi connectivity index (χ4n) is 1.93. The maximum atomic E-state index is 11.9. The van der Waals surface area contributed by atoms with E-state index >= 15 is 0 Å². The number of methoxy groups -OCH3 is 1. The summed E-state index contributed by atoms with van der Waals surface area (Å²) >= 11 is 0. The van der Waals surface area contributed by atoms with Crippen LogP contribution in [0.4, 0.5) is 0 Å². The van der Waals surface area contributed by atoms with Gasteiger partial charge in [0, 0.05) is 12.8 Å². The number of carbonyl (C=O) groups is 3. The summed E-state index contributed by atoms with van der Waals surface area (Å²) in [6.07, 6.45) is 2.78. The van der Waals surface area contributed by atoms with Crippen LogP contribution in [-0.2, 0) is 25.5 Å². The van der Waals surface area contributed by atoms with Gasteiger partial charge in [0.2, 0.25) is 11.8 Å². The summed E-state index contributed by atoms with van der Waals surface area (Å²) < 4.78 is 4.71. The van der Waals surface area contributed by atoms with Gasteiger partial charge < -0.3 is 15.4 Å². The summed E-state index contributed by atoms with van der Waals surface area (Å²) in [5, 5.41) is 5.07. The van der Waals surface area contributed by atoms with Crippen molar-refractivity contribution >= 4 is 17.8 Å². The van der Waals surface area contributed by atoms with Gasteiger partial charge in [0.25, 0.3) is 0 Å². The predicted molar refractivity (Wildman–Crippen MR) is 86.5 cm³/mol. The molecule has 1 aromatic carbocycles. The van der Waals surface area contributed by atoms with E-state index in [4.69, 9.17) is 4.74 Å². The molecule has 0 aliphatic heterocycles. The Balaban J connectivity index is 2.53. The Morgan fingerprint density at radius 3 is 2.52 bits per heavy atom. The molecule has 0 fully saturated rings. The lowest BCUT2D eigenvalue weighted by molar-refractivity contribution is -0.145. The van der Waals surface area contributed by atoms with Crippen LogP contribution in [0.1, 0.15) is 18.4 Å². The van der Waals surface area contributed by atoms with E-state index in [0.717, 1.165) is 5.56 Å². The maximum absolute atomic E-state index is 11.9. The molecule has 124 valence electrons. The minimum Gasteiger partial charge on any atom is -0.467 e. The van der Waals surface area contributed by atoms with Crippen molar-refractivity contribution < 1.29 is 19.1 Å². The zero-order chi connectivity index (χ0) is 17.1. The van der Waals surface area contributed by atoms with E-state index < -0.39 is 17.9 Å². The van der Waals surface area contributed by atoms with Gasteiger partial charge in [0.1, 0.15) is 6.04 Å². The van der Waals surface area contributed by atoms with E-state index in [2.05, 4.69) is 17.2 Å². The minimum atomic E-state index is -0.792. The van der Waals surface area contributed by atoms with E-state index in [0.29, 0.717) is 12.8 Å². The van der Waals surface area contributed by atoms with Crippen molar-refractivity contribution in [1.82, 2.24) is 10.6 Å². The third kappa shape index (κ3) is 7.26. The lowest BCUT2D eigenvalue weighted by atomic mass is 10.1. The molecule has 23 heavy (non-hydrogen) atoms. The summed E-state index contributed by atoms with van der Waals surface area (Å²) in [6.45, 7) is 3.34. The van der Waals surface area contributed by atoms with Crippen LogP contribution in [0, 0.1) is 0 Å². The number of amides is 2. The van der Waals surface area contributed by atoms with Gasteiger partial charge in [-0.2, -0.15) is 0 Å². The lowest BCUT2D eigenvalue weighted by Crippen LogP contribution is -2.47. The molecule has 6 nitrogen and oxygen atoms in total. The van der Waals surface area contributed by atoms with Crippen molar-refractivity contribution in [2.24, 2.45) is 0 Å². The molecular weight excluding hydrogens is 296 g/mol. The average molecular weight is 318 g/mol. The molecule has 0 heterocycles. The van der Waals surface area contributed by atoms with E-state index in [-0.39, 0.29) is 18.9 Å². The number of nitrogens with one attached hydrogen (secondary N) is 2. The SMILES string of the molecule is C=CCCC(=O)NCC(=O)NC(Cc1ccccc1)C(=O)OC. The fraction of sp³-hybridized carbons (Fsp3) is 0.353. The Morgan fingerprint density at radius 1 is 1.22 bits per heavy atom. The molecule has 1 atom stereocenters. The Labute approximate surface area is 135 Å². The number of esters is 1. The topological polar surface area (TPSA) is 84.5 Å². The molecule has 0 saturated heterocycles. The van der Waals surface area contributed by atoms with Crippen molar-refractivity contribution in [3.05, 3.63) is 48.6 Å². The minimum absolute atomic E-state index is 0.182. The molecule has 0 aliphatic carbocycles. The zero-order valence-corrected chi connectivity index (χ0v) is 13.2. The van der Waals surface area contributed by atoms with Crippen LogP contribution < -0.4 is 10.6 Å². The molecule has 2 amide bonds. The molecule has 0 saturated carbocycles. The fourth-order valence-corrected chi connectivity index (χ4v) is 1.93. The number of hydrogen-bond donors (Lipinski definition) is 2. The van der Waals surface area contributed by atoms with Crippen LogP contribution in [0.15, 0.2) is 43.0 Å². The third-order valence-electron chi connectivity index (χ3n) is 3.13. The standard InChI is InChI=1S/C17H22N2O4/c1-3-4-10-15(20)18-12-16(21)19-14(17(22)23-2)11-13-8-6-5-7-9-13/h3,5-9,14H,1,4,10-12H2,2H3,(H,18,20)(H,19,21). The van der Waals surface area contributed by atoms with Crippen LogP contribution in [0.3, 0.4) is 0 Å². The van der Waals surface area contributed by atoms with Crippen LogP contribution in [0.25, 0.3) is 0 Å². The predicted octanol–water partition coefficient (Wildman–Crippen LogP) is 0.969. The number of rotatable bonds is 9. The third-order valence-corrected chi connectivity index (χ3v) is 3.13. The highest BCUT2D eigenvalue weighted by molar-refractivity contribution is 5.88. The molecule has 0 aromatic heterocycles. The smallest absolute Gasteiger partial charge is 0.328 e. The molecular formula is C17H22N2O4. The van der Waals surface area contributed by atoms with Gasteiger partial charge in [-0.15, -0.1) is 6.58 Å². The monoisotopic (exact) mass is 318 g/mol. The Kier molecular flexibility index (Phi) is 8.13. The largest absolute Gasteiger partial charge is 0.467 e. The number of benzene rings is 1. The molecule has 0 radical (unpaired) electrons. The highest BCUT2D eigenvalue weighted by Crippen LogP contribution is 2.04. The molecule has 1 unspecified atom stereocenters. The van der Waals surface area contributed by atoms with E-state index in [9.17, 15) is 14.4 Å². The summed E-state index contributed by atoms with van der Waals surface area (Å²) in [5.74, 6) is -1.21. The summed E-state index contributed by atoms with van der Waals surface area (Å²) in [5.41, 5.74) is 0.901. The number of ether oxygens (including phenoxy) is 1. The van der Waals surface area contributed by atoms with Crippen molar-refractivity contribution in [1.29, 1.82) is 0 Å². The Bertz CT molecular complexity index is 543. The zero-order valence-electron chi connectivity index (χ0n) is 13.2. The first-order valence-corrected chi connectivity index (χ1v) is 7.35. The first-order chi connectivity index (χ1) is 11.1. The van der Waals surface area contributed by atoms with E-state index in [1.165, 1.54) is 7.11 Å². The van der Waals surface area contributed by atoms with Crippen molar-refractivity contribution in [3.8, 4) is 0 Å². The highest BCUT2D eigenvalue weighted by Gasteiger charge is 2.21. The van der Waals surface area contributed by atoms with Gasteiger partial charge in [0.05, 0.1) is 13.7 Å². The van der Waals surface area contributed by atoms with Crippen LogP contribution in [-0.4, -0.2) is 37.5 Å². The molecule has 0 aliphatic rings. The number of carbonyl (C=O) groups excluding carboxylic acids is 3. The summed E-state index contributed by atoms with van der Waals surface area (Å²) in [4.78, 5) is 35.1. The molecule has 1 aromatic rings. The molecule has 2 N–H and O–H groups in total. The van der Waals surface area contributed by atoms with Crippen LogP contribution in [0.5, 0.6) is 0 Å². The Morgan fingerprint density at radius 2 is 1.91 bits per heavy atom. The molecule has 6 heteroatoms. The Hall–Kier alpha value is -2.63. The lowest BCUT2D eigenvalue weighted by Gasteiger charge is -2.17. The van der Waals surface area contributed by atoms with Crippen LogP contribution >= 0.6 is 0 Å². The van der Waals surface area contributed by atoms with Gasteiger partial charge in [-0.3, -0.25) is 9.59 Å². The molecule has 0 spiro atoms. The average Bonchev–Trinajstić information content (AvgIpc) is 2.57. The molecule has 1 rings (SSSR count). The summed E-state index contributed by atoms with van der Waals surface area (Å²) in [7, 11) is 1.27. The number of hydrogen-bond acceptors (Lipinski definition) is 4. The van der Waals surface area contributed by atoms with Crippen molar-refractivity contribution in [3.63, 3.8) is 0 Å². The second-order valence-corrected chi connectivity index (χ2v) is 4.94. The number of allylic oxidation sites excluding steroid dienone is 1. The first kappa shape index (κ1) is 18.4. The van der Waals surface area contributed by atoms with Gasteiger partial charge in [-0.1, -0.05) is 36.4 Å². The van der Waals surface area contributed by atoms with Gasteiger partial charge >= 0.3 is 5.97 Å². The van der Waals surface area contributed by atoms with Crippen molar-refractivity contribution in [2.45, 2.75) is 25.3 Å². The normalized spacial score (nSPS) is 11.2. The maximum Gasteiger partial charge on any atom is 0.328 e. The quantitative estimate of drug-likeness (QED) is 0.525. The van der Waals surface area contributed by atoms with Crippen molar-refractivity contribution in [2.75, 3.05) is 13.7 Å². The second-order valence-electron chi connectivity index (χ2n) is 4.94. The van der Waals surface area contributed by atoms with Crippen LogP contribution in [0.2, 0.25) is 0 Å². The van der Waals surface area contributed by atoms with E-state index in [1.807, 2.05) is 30.3 Å². The highest BCUT2D eigenvalue weighted by atomic mass is 16.5. The van der Waals surface area contributed by atoms with Gasteiger partial charge in [-0.05, 0) is 12.0 Å². The van der Waals surface area contributed by atoms with Gasteiger partial charge in [-0.25, -0.2) is 4.79 Å². The second kappa shape index (κ2) is 10.2. The van der Waals surface area contributed by atoms with E-state index in [1.54, 1.807) is 6.08 Å². The first-order valence-electron chi connectivity index (χ1n) is 7.35.